The molecule has 1 aliphatic rings. The Morgan fingerprint density at radius 2 is 1.92 bits per heavy atom. The first kappa shape index (κ1) is 26.0. The highest BCUT2D eigenvalue weighted by molar-refractivity contribution is 14.1. The first-order valence-electron chi connectivity index (χ1n) is 12.5. The lowest BCUT2D eigenvalue weighted by Crippen LogP contribution is -2.25. The third-order valence-electron chi connectivity index (χ3n) is 6.49. The van der Waals surface area contributed by atoms with Gasteiger partial charge >= 0.3 is 0 Å². The average molecular weight is 624 g/mol. The first-order chi connectivity index (χ1) is 18.5. The van der Waals surface area contributed by atoms with Crippen molar-refractivity contribution in [2.45, 2.75) is 38.0 Å². The van der Waals surface area contributed by atoms with Crippen LogP contribution < -0.4 is 15.6 Å². The van der Waals surface area contributed by atoms with Crippen LogP contribution in [0.2, 0.25) is 0 Å². The molecule has 5 rings (SSSR count). The molecule has 0 saturated heterocycles. The van der Waals surface area contributed by atoms with Crippen LogP contribution in [0, 0.1) is 9.39 Å². The molecule has 1 amide bonds. The Labute approximate surface area is 232 Å². The normalized spacial score (nSPS) is 14.2. The molecule has 1 fully saturated rings. The summed E-state index contributed by atoms with van der Waals surface area (Å²) in [4.78, 5) is 30.4. The van der Waals surface area contributed by atoms with Gasteiger partial charge in [0.1, 0.15) is 17.4 Å². The molecule has 0 atom stereocenters. The van der Waals surface area contributed by atoms with Crippen LogP contribution in [0.3, 0.4) is 0 Å². The van der Waals surface area contributed by atoms with Crippen molar-refractivity contribution in [1.82, 2.24) is 9.66 Å². The van der Waals surface area contributed by atoms with Crippen molar-refractivity contribution >= 4 is 51.3 Å². The predicted molar refractivity (Wildman–Crippen MR) is 155 cm³/mol. The molecule has 1 aliphatic carbocycles. The summed E-state index contributed by atoms with van der Waals surface area (Å²) in [6.07, 6.45) is 7.09. The number of fused-ring (bicyclic) bond motifs is 1. The van der Waals surface area contributed by atoms with Crippen LogP contribution in [0.4, 0.5) is 10.1 Å². The Morgan fingerprint density at radius 1 is 1.11 bits per heavy atom. The number of carbonyl (C=O) groups is 1. The quantitative estimate of drug-likeness (QED) is 0.199. The van der Waals surface area contributed by atoms with E-state index in [-0.39, 0.29) is 18.1 Å². The van der Waals surface area contributed by atoms with Crippen LogP contribution in [0.25, 0.3) is 10.9 Å². The molecule has 0 unspecified atom stereocenters. The maximum Gasteiger partial charge on any atom is 0.282 e. The van der Waals surface area contributed by atoms with Crippen molar-refractivity contribution < 1.29 is 13.9 Å². The number of anilines is 1. The molecule has 1 N–H and O–H groups in total. The van der Waals surface area contributed by atoms with E-state index in [9.17, 15) is 14.0 Å². The summed E-state index contributed by atoms with van der Waals surface area (Å²) in [6.45, 7) is -0.219. The molecule has 9 heteroatoms. The fourth-order valence-electron chi connectivity index (χ4n) is 4.62. The zero-order chi connectivity index (χ0) is 26.5. The number of ether oxygens (including phenoxy) is 1. The van der Waals surface area contributed by atoms with Gasteiger partial charge in [-0.2, -0.15) is 9.78 Å². The number of rotatable bonds is 7. The van der Waals surface area contributed by atoms with Crippen molar-refractivity contribution in [3.05, 3.63) is 97.9 Å². The fourth-order valence-corrected chi connectivity index (χ4v) is 5.32. The van der Waals surface area contributed by atoms with Crippen LogP contribution in [-0.4, -0.2) is 28.4 Å². The third kappa shape index (κ3) is 6.09. The van der Waals surface area contributed by atoms with Crippen molar-refractivity contribution in [3.63, 3.8) is 0 Å². The van der Waals surface area contributed by atoms with Gasteiger partial charge in [-0.1, -0.05) is 37.5 Å². The van der Waals surface area contributed by atoms with Crippen molar-refractivity contribution in [1.29, 1.82) is 0 Å². The van der Waals surface area contributed by atoms with Crippen LogP contribution in [0.15, 0.2) is 76.6 Å². The molecule has 0 aliphatic heterocycles. The number of nitrogens with zero attached hydrogens (tertiary/aromatic N) is 3. The second-order valence-electron chi connectivity index (χ2n) is 9.22. The Morgan fingerprint density at radius 3 is 2.71 bits per heavy atom. The Balaban J connectivity index is 1.33. The highest BCUT2D eigenvalue weighted by atomic mass is 127. The zero-order valence-electron chi connectivity index (χ0n) is 20.6. The lowest BCUT2D eigenvalue weighted by atomic mass is 9.88. The van der Waals surface area contributed by atoms with Crippen LogP contribution >= 0.6 is 22.6 Å². The molecule has 0 spiro atoms. The van der Waals surface area contributed by atoms with Gasteiger partial charge in [-0.05, 0) is 89.5 Å². The second kappa shape index (κ2) is 11.8. The lowest BCUT2D eigenvalue weighted by molar-refractivity contribution is -0.118. The van der Waals surface area contributed by atoms with E-state index in [2.05, 4.69) is 33.0 Å². The van der Waals surface area contributed by atoms with E-state index in [1.165, 1.54) is 29.3 Å². The van der Waals surface area contributed by atoms with Gasteiger partial charge in [-0.15, -0.1) is 0 Å². The topological polar surface area (TPSA) is 85.6 Å². The number of nitrogens with one attached hydrogen (secondary N) is 1. The summed E-state index contributed by atoms with van der Waals surface area (Å²) in [5.74, 6) is 0.624. The Kier molecular flexibility index (Phi) is 8.11. The van der Waals surface area contributed by atoms with Crippen LogP contribution in [-0.2, 0) is 4.79 Å². The van der Waals surface area contributed by atoms with Crippen LogP contribution in [0.1, 0.15) is 49.4 Å². The molecule has 3 aromatic carbocycles. The summed E-state index contributed by atoms with van der Waals surface area (Å²) < 4.78 is 21.2. The molecule has 1 aromatic heterocycles. The average Bonchev–Trinajstić information content (AvgIpc) is 2.92. The second-order valence-corrected chi connectivity index (χ2v) is 10.4. The number of halogens is 2. The molecule has 0 bridgehead atoms. The molecular weight excluding hydrogens is 598 g/mol. The summed E-state index contributed by atoms with van der Waals surface area (Å²) in [5, 5.41) is 7.73. The van der Waals surface area contributed by atoms with Crippen molar-refractivity contribution in [2.75, 3.05) is 11.9 Å². The molecule has 194 valence electrons. The van der Waals surface area contributed by atoms with E-state index in [0.29, 0.717) is 28.2 Å². The first-order valence-corrected chi connectivity index (χ1v) is 13.6. The number of para-hydroxylation sites is 1. The standard InChI is InChI=1S/C29H26FIN4O3/c30-21-9-6-10-22(16-21)33-27(36)18-38-26-14-13-19(15-24(26)31)17-32-35-28(20-7-2-1-3-8-20)34-25-12-5-4-11-23(25)29(35)37/h4-6,9-17,20H,1-3,7-8,18H2,(H,33,36). The van der Waals surface area contributed by atoms with Gasteiger partial charge < -0.3 is 10.1 Å². The number of hydrogen-bond acceptors (Lipinski definition) is 5. The monoisotopic (exact) mass is 624 g/mol. The number of aromatic nitrogens is 2. The minimum Gasteiger partial charge on any atom is -0.483 e. The number of hydrogen-bond donors (Lipinski definition) is 1. The predicted octanol–water partition coefficient (Wildman–Crippen LogP) is 6.09. The smallest absolute Gasteiger partial charge is 0.282 e. The van der Waals surface area contributed by atoms with Gasteiger partial charge in [0, 0.05) is 11.6 Å². The van der Waals surface area contributed by atoms with Gasteiger partial charge in [0.05, 0.1) is 20.7 Å². The van der Waals surface area contributed by atoms with E-state index >= 15 is 0 Å². The number of benzene rings is 3. The minimum atomic E-state index is -0.428. The Hall–Kier alpha value is -3.60. The molecule has 0 radical (unpaired) electrons. The largest absolute Gasteiger partial charge is 0.483 e. The summed E-state index contributed by atoms with van der Waals surface area (Å²) in [6, 6.07) is 18.5. The van der Waals surface area contributed by atoms with Crippen molar-refractivity contribution in [3.8, 4) is 5.75 Å². The number of amides is 1. The summed E-state index contributed by atoms with van der Waals surface area (Å²) >= 11 is 2.13. The lowest BCUT2D eigenvalue weighted by Gasteiger charge is -2.22. The van der Waals surface area contributed by atoms with Gasteiger partial charge in [-0.3, -0.25) is 9.59 Å². The molecule has 38 heavy (non-hydrogen) atoms. The van der Waals surface area contributed by atoms with E-state index in [1.807, 2.05) is 30.3 Å². The van der Waals surface area contributed by atoms with Gasteiger partial charge in [0.15, 0.2) is 6.61 Å². The summed E-state index contributed by atoms with van der Waals surface area (Å²) in [7, 11) is 0. The third-order valence-corrected chi connectivity index (χ3v) is 7.34. The molecule has 7 nitrogen and oxygen atoms in total. The van der Waals surface area contributed by atoms with Crippen molar-refractivity contribution in [2.24, 2.45) is 5.10 Å². The van der Waals surface area contributed by atoms with E-state index in [4.69, 9.17) is 9.72 Å². The molecule has 4 aromatic rings. The molecular formula is C29H26FIN4O3. The zero-order valence-corrected chi connectivity index (χ0v) is 22.7. The maximum atomic E-state index is 13.4. The number of carbonyl (C=O) groups excluding carboxylic acids is 1. The molecule has 1 saturated carbocycles. The minimum absolute atomic E-state index is 0.175. The van der Waals surface area contributed by atoms with E-state index in [0.717, 1.165) is 34.8 Å². The SMILES string of the molecule is O=C(COc1ccc(C=Nn2c(C3CCCCC3)nc3ccccc3c2=O)cc1I)Nc1cccc(F)c1. The highest BCUT2D eigenvalue weighted by Gasteiger charge is 2.22. The van der Waals surface area contributed by atoms with Gasteiger partial charge in [-0.25, -0.2) is 9.37 Å². The van der Waals surface area contributed by atoms with Gasteiger partial charge in [0.2, 0.25) is 0 Å². The summed E-state index contributed by atoms with van der Waals surface area (Å²) in [5.41, 5.74) is 1.67. The van der Waals surface area contributed by atoms with E-state index < -0.39 is 11.7 Å². The fraction of sp³-hybridized carbons (Fsp3) is 0.241. The van der Waals surface area contributed by atoms with E-state index in [1.54, 1.807) is 24.4 Å². The maximum absolute atomic E-state index is 13.4. The van der Waals surface area contributed by atoms with Gasteiger partial charge in [0.25, 0.3) is 11.5 Å². The van der Waals surface area contributed by atoms with Crippen LogP contribution in [0.5, 0.6) is 5.75 Å². The molecule has 1 heterocycles. The Bertz CT molecular complexity index is 1560. The highest BCUT2D eigenvalue weighted by Crippen LogP contribution is 2.31.